The first-order chi connectivity index (χ1) is 8.74. The zero-order chi connectivity index (χ0) is 12.5. The van der Waals surface area contributed by atoms with Gasteiger partial charge in [-0.2, -0.15) is 0 Å². The summed E-state index contributed by atoms with van der Waals surface area (Å²) in [7, 11) is 2.20. The van der Waals surface area contributed by atoms with E-state index in [1.165, 1.54) is 16.8 Å². The Bertz CT molecular complexity index is 422. The Balaban J connectivity index is 1.88. The molecule has 1 heterocycles. The molecule has 3 nitrogen and oxygen atoms in total. The number of hydrogen-bond donors (Lipinski definition) is 1. The van der Waals surface area contributed by atoms with Crippen molar-refractivity contribution in [1.82, 2.24) is 4.90 Å². The molecule has 0 bridgehead atoms. The number of rotatable bonds is 1. The van der Waals surface area contributed by atoms with Crippen LogP contribution in [0, 0.1) is 0 Å². The highest BCUT2D eigenvalue weighted by molar-refractivity contribution is 5.58. The summed E-state index contributed by atoms with van der Waals surface area (Å²) >= 11 is 0. The summed E-state index contributed by atoms with van der Waals surface area (Å²) in [6.45, 7) is 4.61. The van der Waals surface area contributed by atoms with E-state index in [4.69, 9.17) is 5.73 Å². The third kappa shape index (κ3) is 2.25. The topological polar surface area (TPSA) is 32.5 Å². The fourth-order valence-electron chi connectivity index (χ4n) is 3.14. The number of fused-ring (bicyclic) bond motifs is 1. The van der Waals surface area contributed by atoms with Gasteiger partial charge in [0.15, 0.2) is 0 Å². The van der Waals surface area contributed by atoms with E-state index in [9.17, 15) is 0 Å². The lowest BCUT2D eigenvalue weighted by Crippen LogP contribution is -2.45. The van der Waals surface area contributed by atoms with Gasteiger partial charge in [0.05, 0.1) is 0 Å². The van der Waals surface area contributed by atoms with Gasteiger partial charge in [0.2, 0.25) is 0 Å². The summed E-state index contributed by atoms with van der Waals surface area (Å²) in [6, 6.07) is 7.12. The Morgan fingerprint density at radius 3 is 2.72 bits per heavy atom. The molecule has 1 saturated heterocycles. The second-order valence-electron chi connectivity index (χ2n) is 5.71. The molecular weight excluding hydrogens is 222 g/mol. The van der Waals surface area contributed by atoms with Gasteiger partial charge in [0, 0.05) is 37.9 Å². The number of aryl methyl sites for hydroxylation is 1. The van der Waals surface area contributed by atoms with Gasteiger partial charge in [-0.3, -0.25) is 0 Å². The van der Waals surface area contributed by atoms with Crippen molar-refractivity contribution in [1.29, 1.82) is 0 Å². The van der Waals surface area contributed by atoms with Gasteiger partial charge in [0.25, 0.3) is 0 Å². The van der Waals surface area contributed by atoms with Crippen LogP contribution in [0.2, 0.25) is 0 Å². The fraction of sp³-hybridized carbons (Fsp3) is 0.600. The molecule has 1 atom stereocenters. The Labute approximate surface area is 110 Å². The lowest BCUT2D eigenvalue weighted by Gasteiger charge is -2.37. The summed E-state index contributed by atoms with van der Waals surface area (Å²) in [4.78, 5) is 4.94. The lowest BCUT2D eigenvalue weighted by molar-refractivity contribution is 0.312. The van der Waals surface area contributed by atoms with E-state index in [-0.39, 0.29) is 0 Å². The average Bonchev–Trinajstić information content (AvgIpc) is 2.39. The Hall–Kier alpha value is -1.06. The molecule has 0 spiro atoms. The first-order valence-electron chi connectivity index (χ1n) is 7.04. The average molecular weight is 245 g/mol. The molecule has 0 aromatic heterocycles. The maximum Gasteiger partial charge on any atom is 0.0403 e. The van der Waals surface area contributed by atoms with E-state index < -0.39 is 0 Å². The van der Waals surface area contributed by atoms with E-state index in [1.807, 2.05) is 0 Å². The summed E-state index contributed by atoms with van der Waals surface area (Å²) in [6.07, 6.45) is 3.34. The number of hydrogen-bond acceptors (Lipinski definition) is 3. The minimum absolute atomic E-state index is 0.353. The van der Waals surface area contributed by atoms with Gasteiger partial charge in [-0.25, -0.2) is 0 Å². The minimum Gasteiger partial charge on any atom is -0.369 e. The van der Waals surface area contributed by atoms with E-state index in [0.717, 1.165) is 45.4 Å². The summed E-state index contributed by atoms with van der Waals surface area (Å²) < 4.78 is 0. The highest BCUT2D eigenvalue weighted by Gasteiger charge is 2.22. The molecular formula is C15H23N3. The fourth-order valence-corrected chi connectivity index (χ4v) is 3.14. The second-order valence-corrected chi connectivity index (χ2v) is 5.71. The van der Waals surface area contributed by atoms with Crippen LogP contribution in [0.4, 0.5) is 5.69 Å². The SMILES string of the molecule is CN1CCN(c2cccc3c2C[C@@H](N)CC3)CC1. The van der Waals surface area contributed by atoms with Gasteiger partial charge in [-0.1, -0.05) is 12.1 Å². The molecule has 1 aliphatic carbocycles. The van der Waals surface area contributed by atoms with Gasteiger partial charge in [0.1, 0.15) is 0 Å². The molecule has 3 rings (SSSR count). The third-order valence-corrected chi connectivity index (χ3v) is 4.34. The van der Waals surface area contributed by atoms with E-state index in [2.05, 4.69) is 35.0 Å². The lowest BCUT2D eigenvalue weighted by atomic mass is 9.87. The number of benzene rings is 1. The highest BCUT2D eigenvalue weighted by Crippen LogP contribution is 2.30. The smallest absolute Gasteiger partial charge is 0.0403 e. The number of nitrogens with zero attached hydrogens (tertiary/aromatic N) is 2. The third-order valence-electron chi connectivity index (χ3n) is 4.34. The molecule has 0 radical (unpaired) electrons. The van der Waals surface area contributed by atoms with Crippen molar-refractivity contribution in [3.8, 4) is 0 Å². The Kier molecular flexibility index (Phi) is 3.27. The number of piperazine rings is 1. The van der Waals surface area contributed by atoms with E-state index >= 15 is 0 Å². The Morgan fingerprint density at radius 1 is 1.17 bits per heavy atom. The molecule has 1 aromatic carbocycles. The van der Waals surface area contributed by atoms with Crippen molar-refractivity contribution in [2.45, 2.75) is 25.3 Å². The predicted octanol–water partition coefficient (Wildman–Crippen LogP) is 1.25. The zero-order valence-electron chi connectivity index (χ0n) is 11.2. The number of anilines is 1. The molecule has 2 aliphatic rings. The Morgan fingerprint density at radius 2 is 1.94 bits per heavy atom. The highest BCUT2D eigenvalue weighted by atomic mass is 15.2. The quantitative estimate of drug-likeness (QED) is 0.808. The minimum atomic E-state index is 0.353. The van der Waals surface area contributed by atoms with E-state index in [0.29, 0.717) is 6.04 Å². The molecule has 18 heavy (non-hydrogen) atoms. The van der Waals surface area contributed by atoms with Crippen molar-refractivity contribution in [2.75, 3.05) is 38.1 Å². The van der Waals surface area contributed by atoms with Crippen molar-refractivity contribution >= 4 is 5.69 Å². The molecule has 2 N–H and O–H groups in total. The normalized spacial score (nSPS) is 25.0. The van der Waals surface area contributed by atoms with Gasteiger partial charge >= 0.3 is 0 Å². The molecule has 98 valence electrons. The van der Waals surface area contributed by atoms with Crippen LogP contribution in [-0.4, -0.2) is 44.2 Å². The largest absolute Gasteiger partial charge is 0.369 e. The van der Waals surface area contributed by atoms with Gasteiger partial charge in [-0.15, -0.1) is 0 Å². The van der Waals surface area contributed by atoms with Crippen LogP contribution >= 0.6 is 0 Å². The molecule has 3 heteroatoms. The summed E-state index contributed by atoms with van der Waals surface area (Å²) in [5, 5.41) is 0. The summed E-state index contributed by atoms with van der Waals surface area (Å²) in [5.41, 5.74) is 10.6. The number of likely N-dealkylation sites (N-methyl/N-ethyl adjacent to an activating group) is 1. The predicted molar refractivity (Wildman–Crippen MR) is 76.2 cm³/mol. The van der Waals surface area contributed by atoms with Crippen LogP contribution in [0.15, 0.2) is 18.2 Å². The maximum absolute atomic E-state index is 6.14. The first-order valence-corrected chi connectivity index (χ1v) is 7.04. The standard InChI is InChI=1S/C15H23N3/c1-17-7-9-18(10-8-17)15-4-2-3-12-5-6-13(16)11-14(12)15/h2-4,13H,5-11,16H2,1H3/t13-/m0/s1. The van der Waals surface area contributed by atoms with Crippen LogP contribution in [0.5, 0.6) is 0 Å². The van der Waals surface area contributed by atoms with Gasteiger partial charge < -0.3 is 15.5 Å². The van der Waals surface area contributed by atoms with Crippen LogP contribution in [-0.2, 0) is 12.8 Å². The van der Waals surface area contributed by atoms with Gasteiger partial charge in [-0.05, 0) is 43.5 Å². The molecule has 0 unspecified atom stereocenters. The molecule has 0 amide bonds. The zero-order valence-corrected chi connectivity index (χ0v) is 11.2. The molecule has 1 fully saturated rings. The van der Waals surface area contributed by atoms with Crippen molar-refractivity contribution < 1.29 is 0 Å². The molecule has 1 aromatic rings. The first kappa shape index (κ1) is 12.0. The van der Waals surface area contributed by atoms with Crippen LogP contribution in [0.25, 0.3) is 0 Å². The monoisotopic (exact) mass is 245 g/mol. The molecule has 0 saturated carbocycles. The van der Waals surface area contributed by atoms with E-state index in [1.54, 1.807) is 0 Å². The second kappa shape index (κ2) is 4.90. The van der Waals surface area contributed by atoms with Crippen molar-refractivity contribution in [2.24, 2.45) is 5.73 Å². The maximum atomic E-state index is 6.14. The summed E-state index contributed by atoms with van der Waals surface area (Å²) in [5.74, 6) is 0. The van der Waals surface area contributed by atoms with Crippen molar-refractivity contribution in [3.63, 3.8) is 0 Å². The van der Waals surface area contributed by atoms with Crippen LogP contribution in [0.1, 0.15) is 17.5 Å². The number of nitrogens with two attached hydrogens (primary N) is 1. The van der Waals surface area contributed by atoms with Crippen LogP contribution < -0.4 is 10.6 Å². The van der Waals surface area contributed by atoms with Crippen molar-refractivity contribution in [3.05, 3.63) is 29.3 Å². The van der Waals surface area contributed by atoms with Crippen LogP contribution in [0.3, 0.4) is 0 Å². The molecule has 1 aliphatic heterocycles.